The van der Waals surface area contributed by atoms with Gasteiger partial charge in [-0.3, -0.25) is 4.98 Å². The number of benzene rings is 1. The molecule has 0 aliphatic rings. The maximum Gasteiger partial charge on any atom is 0.0998 e. The molecule has 2 aromatic rings. The average Bonchev–Trinajstić information content (AvgIpc) is 2.29. The molecule has 1 aromatic heterocycles. The Morgan fingerprint density at radius 3 is 2.73 bits per heavy atom. The molecule has 2 nitrogen and oxygen atoms in total. The van der Waals surface area contributed by atoms with Crippen LogP contribution in [0.1, 0.15) is 11.3 Å². The molecule has 0 amide bonds. The van der Waals surface area contributed by atoms with Crippen molar-refractivity contribution in [1.29, 1.82) is 5.26 Å². The number of nitrogens with zero attached hydrogens (tertiary/aromatic N) is 2. The Labute approximate surface area is 88.8 Å². The van der Waals surface area contributed by atoms with Crippen LogP contribution >= 0.6 is 0 Å². The summed E-state index contributed by atoms with van der Waals surface area (Å²) in [6, 6.07) is 13.7. The smallest absolute Gasteiger partial charge is 0.0998 e. The fourth-order valence-corrected chi connectivity index (χ4v) is 1.55. The Morgan fingerprint density at radius 1 is 1.20 bits per heavy atom. The van der Waals surface area contributed by atoms with E-state index in [9.17, 15) is 0 Å². The number of hydrogen-bond donors (Lipinski definition) is 0. The van der Waals surface area contributed by atoms with Gasteiger partial charge in [-0.2, -0.15) is 5.26 Å². The zero-order valence-corrected chi connectivity index (χ0v) is 8.44. The lowest BCUT2D eigenvalue weighted by atomic mass is 10.0. The molecule has 2 heteroatoms. The molecule has 0 aliphatic carbocycles. The fraction of sp³-hybridized carbons (Fsp3) is 0.0769. The second kappa shape index (κ2) is 3.93. The van der Waals surface area contributed by atoms with Crippen molar-refractivity contribution in [2.75, 3.05) is 0 Å². The van der Waals surface area contributed by atoms with Crippen LogP contribution in [0.5, 0.6) is 0 Å². The van der Waals surface area contributed by atoms with Gasteiger partial charge in [0.2, 0.25) is 0 Å². The molecular formula is C13H10N2. The van der Waals surface area contributed by atoms with E-state index in [4.69, 9.17) is 5.26 Å². The number of aryl methyl sites for hydroxylation is 1. The van der Waals surface area contributed by atoms with E-state index in [0.29, 0.717) is 5.56 Å². The van der Waals surface area contributed by atoms with Crippen molar-refractivity contribution in [3.63, 3.8) is 0 Å². The lowest BCUT2D eigenvalue weighted by molar-refractivity contribution is 1.20. The lowest BCUT2D eigenvalue weighted by Crippen LogP contribution is -1.86. The quantitative estimate of drug-likeness (QED) is 0.699. The van der Waals surface area contributed by atoms with Crippen LogP contribution in [0, 0.1) is 18.3 Å². The highest BCUT2D eigenvalue weighted by Crippen LogP contribution is 2.22. The minimum absolute atomic E-state index is 0.697. The van der Waals surface area contributed by atoms with Crippen molar-refractivity contribution < 1.29 is 0 Å². The summed E-state index contributed by atoms with van der Waals surface area (Å²) >= 11 is 0. The van der Waals surface area contributed by atoms with Gasteiger partial charge in [0.25, 0.3) is 0 Å². The Hall–Kier alpha value is -2.14. The second-order valence-corrected chi connectivity index (χ2v) is 3.34. The molecule has 0 radical (unpaired) electrons. The first-order valence-corrected chi connectivity index (χ1v) is 4.73. The maximum atomic E-state index is 8.98. The van der Waals surface area contributed by atoms with Gasteiger partial charge >= 0.3 is 0 Å². The van der Waals surface area contributed by atoms with E-state index >= 15 is 0 Å². The Bertz CT molecular complexity index is 524. The van der Waals surface area contributed by atoms with Crippen LogP contribution in [0.15, 0.2) is 42.6 Å². The summed E-state index contributed by atoms with van der Waals surface area (Å²) in [4.78, 5) is 4.14. The largest absolute Gasteiger partial charge is 0.262 e. The Balaban J connectivity index is 2.60. The first-order valence-electron chi connectivity index (χ1n) is 4.73. The van der Waals surface area contributed by atoms with Crippen molar-refractivity contribution in [3.05, 3.63) is 53.9 Å². The number of pyridine rings is 1. The molecule has 0 aliphatic heterocycles. The normalized spacial score (nSPS) is 9.60. The minimum atomic E-state index is 0.697. The standard InChI is InChI=1S/C13H10N2/c1-10-8-11(6-7-15-10)13-5-3-2-4-12(13)9-14/h2-8H,1H3. The third-order valence-corrected chi connectivity index (χ3v) is 2.26. The van der Waals surface area contributed by atoms with Gasteiger partial charge in [-0.1, -0.05) is 18.2 Å². The average molecular weight is 194 g/mol. The van der Waals surface area contributed by atoms with Crippen LogP contribution < -0.4 is 0 Å². The van der Waals surface area contributed by atoms with E-state index in [1.54, 1.807) is 6.20 Å². The summed E-state index contributed by atoms with van der Waals surface area (Å²) in [7, 11) is 0. The van der Waals surface area contributed by atoms with E-state index in [-0.39, 0.29) is 0 Å². The molecular weight excluding hydrogens is 184 g/mol. The van der Waals surface area contributed by atoms with E-state index < -0.39 is 0 Å². The van der Waals surface area contributed by atoms with Crippen molar-refractivity contribution in [1.82, 2.24) is 4.98 Å². The lowest BCUT2D eigenvalue weighted by Gasteiger charge is -2.03. The molecule has 1 heterocycles. The van der Waals surface area contributed by atoms with Crippen LogP contribution in [0.4, 0.5) is 0 Å². The monoisotopic (exact) mass is 194 g/mol. The zero-order valence-electron chi connectivity index (χ0n) is 8.44. The molecule has 2 rings (SSSR count). The van der Waals surface area contributed by atoms with Crippen molar-refractivity contribution >= 4 is 0 Å². The number of nitriles is 1. The summed E-state index contributed by atoms with van der Waals surface area (Å²) in [5.41, 5.74) is 3.66. The summed E-state index contributed by atoms with van der Waals surface area (Å²) in [6.07, 6.45) is 1.76. The minimum Gasteiger partial charge on any atom is -0.262 e. The topological polar surface area (TPSA) is 36.7 Å². The van der Waals surface area contributed by atoms with Crippen molar-refractivity contribution in [3.8, 4) is 17.2 Å². The third-order valence-electron chi connectivity index (χ3n) is 2.26. The molecule has 0 saturated heterocycles. The van der Waals surface area contributed by atoms with Crippen LogP contribution in [-0.4, -0.2) is 4.98 Å². The number of aromatic nitrogens is 1. The molecule has 15 heavy (non-hydrogen) atoms. The van der Waals surface area contributed by atoms with Gasteiger partial charge in [0.1, 0.15) is 0 Å². The predicted octanol–water partition coefficient (Wildman–Crippen LogP) is 2.93. The number of rotatable bonds is 1. The highest BCUT2D eigenvalue weighted by atomic mass is 14.6. The van der Waals surface area contributed by atoms with Gasteiger partial charge in [0, 0.05) is 11.9 Å². The molecule has 0 spiro atoms. The SMILES string of the molecule is Cc1cc(-c2ccccc2C#N)ccn1. The molecule has 1 aromatic carbocycles. The molecule has 0 atom stereocenters. The van der Waals surface area contributed by atoms with Gasteiger partial charge in [-0.25, -0.2) is 0 Å². The van der Waals surface area contributed by atoms with Gasteiger partial charge in [-0.15, -0.1) is 0 Å². The van der Waals surface area contributed by atoms with E-state index in [0.717, 1.165) is 16.8 Å². The molecule has 0 bridgehead atoms. The van der Waals surface area contributed by atoms with Crippen molar-refractivity contribution in [2.45, 2.75) is 6.92 Å². The summed E-state index contributed by atoms with van der Waals surface area (Å²) < 4.78 is 0. The van der Waals surface area contributed by atoms with Gasteiger partial charge in [0.15, 0.2) is 0 Å². The van der Waals surface area contributed by atoms with Gasteiger partial charge in [0.05, 0.1) is 11.6 Å². The highest BCUT2D eigenvalue weighted by Gasteiger charge is 2.03. The first kappa shape index (κ1) is 9.42. The van der Waals surface area contributed by atoms with E-state index in [1.807, 2.05) is 43.3 Å². The van der Waals surface area contributed by atoms with Crippen LogP contribution in [0.2, 0.25) is 0 Å². The van der Waals surface area contributed by atoms with E-state index in [1.165, 1.54) is 0 Å². The maximum absolute atomic E-state index is 8.98. The Kier molecular flexibility index (Phi) is 2.47. The van der Waals surface area contributed by atoms with Crippen LogP contribution in [0.3, 0.4) is 0 Å². The highest BCUT2D eigenvalue weighted by molar-refractivity contribution is 5.70. The van der Waals surface area contributed by atoms with E-state index in [2.05, 4.69) is 11.1 Å². The van der Waals surface area contributed by atoms with Gasteiger partial charge in [-0.05, 0) is 36.2 Å². The number of hydrogen-bond acceptors (Lipinski definition) is 2. The zero-order chi connectivity index (χ0) is 10.7. The summed E-state index contributed by atoms with van der Waals surface area (Å²) in [6.45, 7) is 1.94. The van der Waals surface area contributed by atoms with Crippen molar-refractivity contribution in [2.24, 2.45) is 0 Å². The summed E-state index contributed by atoms with van der Waals surface area (Å²) in [5, 5.41) is 8.98. The third kappa shape index (κ3) is 1.87. The Morgan fingerprint density at radius 2 is 2.00 bits per heavy atom. The predicted molar refractivity (Wildman–Crippen MR) is 59.1 cm³/mol. The summed E-state index contributed by atoms with van der Waals surface area (Å²) in [5.74, 6) is 0. The van der Waals surface area contributed by atoms with Crippen LogP contribution in [-0.2, 0) is 0 Å². The molecule has 0 N–H and O–H groups in total. The molecule has 72 valence electrons. The van der Waals surface area contributed by atoms with Gasteiger partial charge < -0.3 is 0 Å². The fourth-order valence-electron chi connectivity index (χ4n) is 1.55. The first-order chi connectivity index (χ1) is 7.31. The molecule has 0 unspecified atom stereocenters. The second-order valence-electron chi connectivity index (χ2n) is 3.34. The van der Waals surface area contributed by atoms with Crippen LogP contribution in [0.25, 0.3) is 11.1 Å². The molecule has 0 fully saturated rings. The molecule has 0 saturated carbocycles.